The number of benzene rings is 6. The third kappa shape index (κ3) is 5.20. The van der Waals surface area contributed by atoms with Crippen LogP contribution in [0.25, 0.3) is 56.0 Å². The average molecular weight is 642 g/mol. The Morgan fingerprint density at radius 1 is 0.380 bits per heavy atom. The van der Waals surface area contributed by atoms with Gasteiger partial charge in [-0.25, -0.2) is 4.98 Å². The normalized spacial score (nSPS) is 11.7. The molecule has 4 nitrogen and oxygen atoms in total. The molecule has 0 radical (unpaired) electrons. The van der Waals surface area contributed by atoms with E-state index >= 15 is 0 Å². The van der Waals surface area contributed by atoms with E-state index < -0.39 is 0 Å². The summed E-state index contributed by atoms with van der Waals surface area (Å²) in [4.78, 5) is 12.6. The molecule has 4 heteroatoms. The minimum absolute atomic E-state index is 0.787. The number of ether oxygens (including phenoxy) is 1. The lowest BCUT2D eigenvalue weighted by Gasteiger charge is -2.36. The Kier molecular flexibility index (Phi) is 7.45. The van der Waals surface area contributed by atoms with Crippen molar-refractivity contribution in [2.45, 2.75) is 0 Å². The van der Waals surface area contributed by atoms with Gasteiger partial charge in [-0.05, 0) is 47.5 Å². The van der Waals surface area contributed by atoms with E-state index in [0.717, 1.165) is 84.6 Å². The van der Waals surface area contributed by atoms with Crippen molar-refractivity contribution in [3.63, 3.8) is 0 Å². The number of hydrogen-bond acceptors (Lipinski definition) is 4. The highest BCUT2D eigenvalue weighted by Crippen LogP contribution is 2.57. The van der Waals surface area contributed by atoms with Crippen molar-refractivity contribution in [3.05, 3.63) is 188 Å². The van der Waals surface area contributed by atoms with Crippen molar-refractivity contribution < 1.29 is 4.74 Å². The Bertz CT molecular complexity index is 2380. The standard InChI is InChI=1S/C46H31N3O/c1-4-16-33(17-5-1)42-43(34-29-27-32(28-30-34)37-22-14-15-31-47-37)46(49-38-23-10-12-25-40(38)50-41-26-13-11-24-39(41)49)45(36-20-8-3-9-21-36)48-44(42)35-18-6-2-7-19-35/h1-31H. The summed E-state index contributed by atoms with van der Waals surface area (Å²) >= 11 is 0. The molecule has 0 N–H and O–H groups in total. The Hall–Kier alpha value is -6.78. The molecule has 8 aromatic rings. The predicted molar refractivity (Wildman–Crippen MR) is 204 cm³/mol. The highest BCUT2D eigenvalue weighted by molar-refractivity contribution is 6.07. The third-order valence-electron chi connectivity index (χ3n) is 9.12. The van der Waals surface area contributed by atoms with Gasteiger partial charge in [0.25, 0.3) is 0 Å². The van der Waals surface area contributed by atoms with Crippen LogP contribution >= 0.6 is 0 Å². The molecule has 0 amide bonds. The predicted octanol–water partition coefficient (Wildman–Crippen LogP) is 12.4. The molecule has 0 aliphatic carbocycles. The molecule has 9 rings (SSSR count). The molecule has 0 atom stereocenters. The number of para-hydroxylation sites is 4. The van der Waals surface area contributed by atoms with E-state index in [1.807, 2.05) is 48.7 Å². The number of hydrogen-bond donors (Lipinski definition) is 0. The lowest BCUT2D eigenvalue weighted by atomic mass is 9.86. The zero-order chi connectivity index (χ0) is 33.3. The summed E-state index contributed by atoms with van der Waals surface area (Å²) in [5.74, 6) is 1.57. The van der Waals surface area contributed by atoms with Crippen LogP contribution in [0.4, 0.5) is 17.1 Å². The lowest BCUT2D eigenvalue weighted by Crippen LogP contribution is -2.18. The SMILES string of the molecule is c1ccc(-c2nc(-c3ccccc3)c(N3c4ccccc4Oc4ccccc43)c(-c3ccc(-c4ccccn4)cc3)c2-c2ccccc2)cc1. The zero-order valence-electron chi connectivity index (χ0n) is 27.1. The second-order valence-electron chi connectivity index (χ2n) is 12.2. The number of nitrogens with zero attached hydrogens (tertiary/aromatic N) is 3. The summed E-state index contributed by atoms with van der Waals surface area (Å²) in [6.07, 6.45) is 1.84. The van der Waals surface area contributed by atoms with Gasteiger partial charge in [-0.15, -0.1) is 0 Å². The maximum absolute atomic E-state index is 6.52. The number of pyridine rings is 2. The van der Waals surface area contributed by atoms with Crippen LogP contribution in [0.2, 0.25) is 0 Å². The van der Waals surface area contributed by atoms with Gasteiger partial charge < -0.3 is 9.64 Å². The van der Waals surface area contributed by atoms with Crippen molar-refractivity contribution in [2.24, 2.45) is 0 Å². The van der Waals surface area contributed by atoms with E-state index in [1.165, 1.54) is 0 Å². The Morgan fingerprint density at radius 2 is 0.860 bits per heavy atom. The summed E-state index contributed by atoms with van der Waals surface area (Å²) in [6, 6.07) is 62.9. The molecular weight excluding hydrogens is 611 g/mol. The fraction of sp³-hybridized carbons (Fsp3) is 0. The number of rotatable bonds is 6. The van der Waals surface area contributed by atoms with Gasteiger partial charge >= 0.3 is 0 Å². The maximum atomic E-state index is 6.52. The van der Waals surface area contributed by atoms with Gasteiger partial charge in [-0.2, -0.15) is 0 Å². The first-order valence-electron chi connectivity index (χ1n) is 16.8. The number of anilines is 3. The van der Waals surface area contributed by atoms with Crippen molar-refractivity contribution in [2.75, 3.05) is 4.90 Å². The molecule has 236 valence electrons. The average Bonchev–Trinajstić information content (AvgIpc) is 3.20. The first kappa shape index (κ1) is 29.4. The van der Waals surface area contributed by atoms with Crippen LogP contribution in [0.5, 0.6) is 11.5 Å². The highest BCUT2D eigenvalue weighted by Gasteiger charge is 2.33. The summed E-state index contributed by atoms with van der Waals surface area (Å²) in [5, 5.41) is 0. The minimum atomic E-state index is 0.787. The van der Waals surface area contributed by atoms with Crippen molar-refractivity contribution in [3.8, 4) is 67.5 Å². The monoisotopic (exact) mass is 641 g/mol. The molecule has 0 saturated carbocycles. The minimum Gasteiger partial charge on any atom is -0.453 e. The maximum Gasteiger partial charge on any atom is 0.151 e. The van der Waals surface area contributed by atoms with Crippen LogP contribution in [0.3, 0.4) is 0 Å². The van der Waals surface area contributed by atoms with Crippen molar-refractivity contribution in [1.82, 2.24) is 9.97 Å². The first-order valence-corrected chi connectivity index (χ1v) is 16.8. The van der Waals surface area contributed by atoms with Crippen molar-refractivity contribution in [1.29, 1.82) is 0 Å². The van der Waals surface area contributed by atoms with Crippen molar-refractivity contribution >= 4 is 17.1 Å². The van der Waals surface area contributed by atoms with Gasteiger partial charge in [0.1, 0.15) is 0 Å². The Morgan fingerprint density at radius 3 is 1.44 bits per heavy atom. The van der Waals surface area contributed by atoms with Crippen LogP contribution in [-0.2, 0) is 0 Å². The molecule has 0 unspecified atom stereocenters. The van der Waals surface area contributed by atoms with E-state index in [1.54, 1.807) is 0 Å². The van der Waals surface area contributed by atoms with E-state index in [4.69, 9.17) is 9.72 Å². The van der Waals surface area contributed by atoms with E-state index in [-0.39, 0.29) is 0 Å². The molecule has 0 fully saturated rings. The molecule has 0 saturated heterocycles. The van der Waals surface area contributed by atoms with Crippen LogP contribution in [-0.4, -0.2) is 9.97 Å². The summed E-state index contributed by atoms with van der Waals surface area (Å²) in [6.45, 7) is 0. The zero-order valence-corrected chi connectivity index (χ0v) is 27.1. The molecule has 0 bridgehead atoms. The molecule has 6 aromatic carbocycles. The first-order chi connectivity index (χ1) is 24.8. The van der Waals surface area contributed by atoms with Crippen LogP contribution in [0.15, 0.2) is 188 Å². The lowest BCUT2D eigenvalue weighted by molar-refractivity contribution is 0.477. The van der Waals surface area contributed by atoms with Gasteiger partial charge in [0.05, 0.1) is 34.1 Å². The Labute approximate surface area is 291 Å². The molecule has 2 aromatic heterocycles. The van der Waals surface area contributed by atoms with Crippen LogP contribution in [0.1, 0.15) is 0 Å². The topological polar surface area (TPSA) is 38.2 Å². The summed E-state index contributed by atoms with van der Waals surface area (Å²) < 4.78 is 6.52. The summed E-state index contributed by atoms with van der Waals surface area (Å²) in [5.41, 5.74) is 13.0. The van der Waals surface area contributed by atoms with Crippen LogP contribution < -0.4 is 9.64 Å². The third-order valence-corrected chi connectivity index (χ3v) is 9.12. The molecular formula is C46H31N3O. The number of fused-ring (bicyclic) bond motifs is 2. The van der Waals surface area contributed by atoms with Gasteiger partial charge in [0, 0.05) is 34.0 Å². The molecule has 3 heterocycles. The van der Waals surface area contributed by atoms with E-state index in [2.05, 4.69) is 149 Å². The molecule has 0 spiro atoms. The van der Waals surface area contributed by atoms with E-state index in [9.17, 15) is 0 Å². The molecule has 1 aliphatic heterocycles. The fourth-order valence-corrected chi connectivity index (χ4v) is 6.85. The molecule has 1 aliphatic rings. The van der Waals surface area contributed by atoms with Gasteiger partial charge in [0.2, 0.25) is 0 Å². The van der Waals surface area contributed by atoms with Crippen LogP contribution in [0, 0.1) is 0 Å². The van der Waals surface area contributed by atoms with Gasteiger partial charge in [-0.3, -0.25) is 4.98 Å². The van der Waals surface area contributed by atoms with E-state index in [0.29, 0.717) is 0 Å². The van der Waals surface area contributed by atoms with Gasteiger partial charge in [-0.1, -0.05) is 146 Å². The number of aromatic nitrogens is 2. The fourth-order valence-electron chi connectivity index (χ4n) is 6.85. The Balaban J connectivity index is 1.46. The second-order valence-corrected chi connectivity index (χ2v) is 12.2. The highest BCUT2D eigenvalue weighted by atomic mass is 16.5. The second kappa shape index (κ2) is 12.7. The summed E-state index contributed by atoms with van der Waals surface area (Å²) in [7, 11) is 0. The largest absolute Gasteiger partial charge is 0.453 e. The van der Waals surface area contributed by atoms with Gasteiger partial charge in [0.15, 0.2) is 11.5 Å². The molecule has 50 heavy (non-hydrogen) atoms. The quantitative estimate of drug-likeness (QED) is 0.181. The smallest absolute Gasteiger partial charge is 0.151 e.